The van der Waals surface area contributed by atoms with Crippen LogP contribution in [0.15, 0.2) is 63.6 Å². The first-order valence-corrected chi connectivity index (χ1v) is 12.2. The zero-order valence-electron chi connectivity index (χ0n) is 19.0. The van der Waals surface area contributed by atoms with Gasteiger partial charge in [-0.3, -0.25) is 14.6 Å². The van der Waals surface area contributed by atoms with E-state index >= 15 is 0 Å². The van der Waals surface area contributed by atoms with Gasteiger partial charge in [0, 0.05) is 44.0 Å². The molecule has 1 saturated heterocycles. The zero-order chi connectivity index (χ0) is 23.5. The smallest absolute Gasteiger partial charge is 0.257 e. The molecule has 0 aliphatic carbocycles. The van der Waals surface area contributed by atoms with Gasteiger partial charge in [0.15, 0.2) is 11.6 Å². The van der Waals surface area contributed by atoms with E-state index in [1.165, 1.54) is 13.2 Å². The molecule has 1 unspecified atom stereocenters. The quantitative estimate of drug-likeness (QED) is 0.510. The fourth-order valence-electron chi connectivity index (χ4n) is 4.47. The maximum absolute atomic E-state index is 14.0. The number of hydrogen-bond donors (Lipinski definition) is 0. The molecule has 3 aromatic rings. The summed E-state index contributed by atoms with van der Waals surface area (Å²) in [6, 6.07) is 12.8. The van der Waals surface area contributed by atoms with Gasteiger partial charge in [0.2, 0.25) is 0 Å². The van der Waals surface area contributed by atoms with Crippen LogP contribution in [0.3, 0.4) is 0 Å². The van der Waals surface area contributed by atoms with Crippen molar-refractivity contribution in [3.63, 3.8) is 0 Å². The summed E-state index contributed by atoms with van der Waals surface area (Å²) in [7, 11) is 1.46. The van der Waals surface area contributed by atoms with Crippen molar-refractivity contribution < 1.29 is 18.3 Å². The molecule has 0 spiro atoms. The number of nitrogens with zero attached hydrogens (tertiary/aromatic N) is 4. The SMILES string of the molecule is COc1ccc(CN2CCN(CC(=O)N3N=C(c4ccco4)CC3c3cccs3)CC2)cc1F. The molecule has 2 aliphatic rings. The van der Waals surface area contributed by atoms with E-state index in [4.69, 9.17) is 9.15 Å². The number of thiophene rings is 1. The van der Waals surface area contributed by atoms with Crippen LogP contribution in [-0.4, -0.2) is 66.3 Å². The molecule has 0 saturated carbocycles. The Hall–Kier alpha value is -3.01. The van der Waals surface area contributed by atoms with Gasteiger partial charge in [-0.05, 0) is 41.3 Å². The number of halogens is 1. The number of hydrazone groups is 1. The van der Waals surface area contributed by atoms with Crippen molar-refractivity contribution in [3.05, 3.63) is 76.1 Å². The van der Waals surface area contributed by atoms with E-state index in [2.05, 4.69) is 21.0 Å². The Balaban J connectivity index is 1.19. The lowest BCUT2D eigenvalue weighted by Gasteiger charge is -2.35. The summed E-state index contributed by atoms with van der Waals surface area (Å²) in [5.41, 5.74) is 1.71. The molecule has 1 amide bonds. The number of furan rings is 1. The number of methoxy groups -OCH3 is 1. The molecule has 2 aromatic heterocycles. The van der Waals surface area contributed by atoms with E-state index in [0.29, 0.717) is 25.3 Å². The maximum Gasteiger partial charge on any atom is 0.257 e. The van der Waals surface area contributed by atoms with Gasteiger partial charge < -0.3 is 9.15 Å². The summed E-state index contributed by atoms with van der Waals surface area (Å²) in [4.78, 5) is 18.9. The van der Waals surface area contributed by atoms with E-state index in [1.807, 2.05) is 29.6 Å². The minimum Gasteiger partial charge on any atom is -0.494 e. The summed E-state index contributed by atoms with van der Waals surface area (Å²) in [6.07, 6.45) is 2.27. The molecule has 1 atom stereocenters. The largest absolute Gasteiger partial charge is 0.494 e. The Morgan fingerprint density at radius 1 is 1.18 bits per heavy atom. The highest BCUT2D eigenvalue weighted by atomic mass is 32.1. The summed E-state index contributed by atoms with van der Waals surface area (Å²) < 4.78 is 24.5. The fourth-order valence-corrected chi connectivity index (χ4v) is 5.28. The van der Waals surface area contributed by atoms with Crippen molar-refractivity contribution in [3.8, 4) is 5.75 Å². The molecule has 1 aromatic carbocycles. The molecule has 4 heterocycles. The molecule has 34 heavy (non-hydrogen) atoms. The van der Waals surface area contributed by atoms with Gasteiger partial charge in [-0.25, -0.2) is 9.40 Å². The van der Waals surface area contributed by atoms with Gasteiger partial charge in [0.25, 0.3) is 5.91 Å². The van der Waals surface area contributed by atoms with Gasteiger partial charge in [-0.2, -0.15) is 5.10 Å². The topological polar surface area (TPSA) is 61.5 Å². The van der Waals surface area contributed by atoms with Gasteiger partial charge in [-0.15, -0.1) is 11.3 Å². The molecule has 9 heteroatoms. The normalized spacial score (nSPS) is 19.4. The van der Waals surface area contributed by atoms with Crippen LogP contribution in [0.4, 0.5) is 4.39 Å². The first kappa shape index (κ1) is 22.8. The molecule has 0 N–H and O–H groups in total. The molecule has 5 rings (SSSR count). The van der Waals surface area contributed by atoms with Gasteiger partial charge in [-0.1, -0.05) is 12.1 Å². The highest BCUT2D eigenvalue weighted by Gasteiger charge is 2.35. The fraction of sp³-hybridized carbons (Fsp3) is 0.360. The lowest BCUT2D eigenvalue weighted by molar-refractivity contribution is -0.134. The molecule has 7 nitrogen and oxygen atoms in total. The number of carbonyl (C=O) groups excluding carboxylic acids is 1. The second-order valence-corrected chi connectivity index (χ2v) is 9.50. The molecule has 0 bridgehead atoms. The Labute approximate surface area is 202 Å². The van der Waals surface area contributed by atoms with Crippen LogP contribution < -0.4 is 4.74 Å². The first-order chi connectivity index (χ1) is 16.6. The zero-order valence-corrected chi connectivity index (χ0v) is 19.8. The number of piperazine rings is 1. The van der Waals surface area contributed by atoms with Gasteiger partial charge in [0.1, 0.15) is 11.5 Å². The molecule has 2 aliphatic heterocycles. The second kappa shape index (κ2) is 10.1. The van der Waals surface area contributed by atoms with Crippen molar-refractivity contribution >= 4 is 23.0 Å². The average molecular weight is 483 g/mol. The van der Waals surface area contributed by atoms with Crippen molar-refractivity contribution in [2.75, 3.05) is 39.8 Å². The summed E-state index contributed by atoms with van der Waals surface area (Å²) in [6.45, 7) is 4.17. The first-order valence-electron chi connectivity index (χ1n) is 11.3. The van der Waals surface area contributed by atoms with Crippen LogP contribution in [0.25, 0.3) is 0 Å². The van der Waals surface area contributed by atoms with Crippen molar-refractivity contribution in [1.82, 2.24) is 14.8 Å². The van der Waals surface area contributed by atoms with Crippen LogP contribution in [-0.2, 0) is 11.3 Å². The minimum atomic E-state index is -0.343. The molecule has 1 fully saturated rings. The van der Waals surface area contributed by atoms with Crippen LogP contribution in [0.5, 0.6) is 5.75 Å². The van der Waals surface area contributed by atoms with Gasteiger partial charge >= 0.3 is 0 Å². The molecular weight excluding hydrogens is 455 g/mol. The lowest BCUT2D eigenvalue weighted by Crippen LogP contribution is -2.49. The number of rotatable bonds is 7. The van der Waals surface area contributed by atoms with E-state index in [9.17, 15) is 9.18 Å². The summed E-state index contributed by atoms with van der Waals surface area (Å²) in [5.74, 6) is 0.614. The lowest BCUT2D eigenvalue weighted by atomic mass is 10.1. The third-order valence-corrected chi connectivity index (χ3v) is 7.26. The Morgan fingerprint density at radius 3 is 2.68 bits per heavy atom. The maximum atomic E-state index is 14.0. The van der Waals surface area contributed by atoms with Crippen LogP contribution in [0.1, 0.15) is 28.7 Å². The predicted molar refractivity (Wildman–Crippen MR) is 128 cm³/mol. The molecule has 0 radical (unpaired) electrons. The molecule has 178 valence electrons. The number of carbonyl (C=O) groups is 1. The number of amides is 1. The summed E-state index contributed by atoms with van der Waals surface area (Å²) in [5, 5.41) is 8.32. The standard InChI is InChI=1S/C25H27FN4O3S/c1-32-22-7-6-18(14-19(22)26)16-28-8-10-29(11-9-28)17-25(31)30-21(24-5-3-13-34-24)15-20(27-30)23-4-2-12-33-23/h2-7,12-14,21H,8-11,15-17H2,1H3. The number of ether oxygens (including phenoxy) is 1. The summed E-state index contributed by atoms with van der Waals surface area (Å²) >= 11 is 1.64. The van der Waals surface area contributed by atoms with Crippen molar-refractivity contribution in [2.24, 2.45) is 5.10 Å². The minimum absolute atomic E-state index is 0.00867. The van der Waals surface area contributed by atoms with Crippen LogP contribution in [0.2, 0.25) is 0 Å². The third-order valence-electron chi connectivity index (χ3n) is 6.29. The van der Waals surface area contributed by atoms with E-state index in [1.54, 1.807) is 28.7 Å². The van der Waals surface area contributed by atoms with Crippen LogP contribution >= 0.6 is 11.3 Å². The second-order valence-electron chi connectivity index (χ2n) is 8.52. The Kier molecular flexibility index (Phi) is 6.75. The molecular formula is C25H27FN4O3S. The highest BCUT2D eigenvalue weighted by molar-refractivity contribution is 7.10. The van der Waals surface area contributed by atoms with Crippen molar-refractivity contribution in [2.45, 2.75) is 19.0 Å². The van der Waals surface area contributed by atoms with E-state index in [-0.39, 0.29) is 23.5 Å². The average Bonchev–Trinajstić information content (AvgIpc) is 3.61. The number of benzene rings is 1. The van der Waals surface area contributed by atoms with E-state index in [0.717, 1.165) is 42.3 Å². The van der Waals surface area contributed by atoms with Crippen molar-refractivity contribution in [1.29, 1.82) is 0 Å². The van der Waals surface area contributed by atoms with Gasteiger partial charge in [0.05, 0.1) is 26.0 Å². The highest BCUT2D eigenvalue weighted by Crippen LogP contribution is 2.35. The van der Waals surface area contributed by atoms with E-state index < -0.39 is 0 Å². The van der Waals surface area contributed by atoms with Crippen LogP contribution in [0, 0.1) is 5.82 Å². The Bertz CT molecular complexity index is 1140. The Morgan fingerprint density at radius 2 is 2.00 bits per heavy atom. The number of hydrogen-bond acceptors (Lipinski definition) is 7. The third kappa shape index (κ3) is 4.91. The monoisotopic (exact) mass is 482 g/mol. The predicted octanol–water partition coefficient (Wildman–Crippen LogP) is 3.98.